The van der Waals surface area contributed by atoms with Crippen LogP contribution < -0.4 is 4.90 Å². The number of nitro groups is 1. The monoisotopic (exact) mass is 250 g/mol. The number of ether oxygens (including phenoxy) is 2. The van der Waals surface area contributed by atoms with Gasteiger partial charge in [0.15, 0.2) is 0 Å². The van der Waals surface area contributed by atoms with Crippen molar-refractivity contribution in [1.29, 1.82) is 0 Å². The highest BCUT2D eigenvalue weighted by Gasteiger charge is 2.30. The first-order chi connectivity index (χ1) is 8.72. The number of nitro benzene ring substituents is 1. The van der Waals surface area contributed by atoms with Crippen LogP contribution in [0.2, 0.25) is 0 Å². The normalized spacial score (nSPS) is 24.7. The average molecular weight is 250 g/mol. The lowest BCUT2D eigenvalue weighted by Crippen LogP contribution is -2.31. The van der Waals surface area contributed by atoms with Gasteiger partial charge in [0.1, 0.15) is 0 Å². The molecule has 0 aromatic heterocycles. The van der Waals surface area contributed by atoms with Gasteiger partial charge in [0.2, 0.25) is 0 Å². The molecular weight excluding hydrogens is 236 g/mol. The highest BCUT2D eigenvalue weighted by atomic mass is 16.6. The number of hydrogen-bond acceptors (Lipinski definition) is 5. The Labute approximate surface area is 104 Å². The zero-order valence-corrected chi connectivity index (χ0v) is 9.82. The van der Waals surface area contributed by atoms with Crippen LogP contribution in [0.25, 0.3) is 0 Å². The van der Waals surface area contributed by atoms with Crippen molar-refractivity contribution in [3.05, 3.63) is 34.4 Å². The van der Waals surface area contributed by atoms with Crippen molar-refractivity contribution >= 4 is 11.4 Å². The Hall–Kier alpha value is -1.66. The van der Waals surface area contributed by atoms with Crippen LogP contribution in [0.5, 0.6) is 0 Å². The molecule has 2 unspecified atom stereocenters. The molecule has 0 amide bonds. The summed E-state index contributed by atoms with van der Waals surface area (Å²) in [6.07, 6.45) is 0.581. The predicted molar refractivity (Wildman–Crippen MR) is 64.8 cm³/mol. The van der Waals surface area contributed by atoms with Crippen LogP contribution in [0.4, 0.5) is 11.4 Å². The fourth-order valence-electron chi connectivity index (χ4n) is 1.91. The molecule has 6 nitrogen and oxygen atoms in total. The van der Waals surface area contributed by atoms with Crippen LogP contribution >= 0.6 is 0 Å². The minimum Gasteiger partial charge on any atom is -0.371 e. The van der Waals surface area contributed by atoms with E-state index >= 15 is 0 Å². The molecule has 2 aliphatic heterocycles. The summed E-state index contributed by atoms with van der Waals surface area (Å²) < 4.78 is 10.5. The molecular formula is C12H14N2O4. The van der Waals surface area contributed by atoms with Crippen molar-refractivity contribution < 1.29 is 14.4 Å². The molecule has 2 fully saturated rings. The molecule has 0 spiro atoms. The van der Waals surface area contributed by atoms with E-state index in [4.69, 9.17) is 9.47 Å². The largest absolute Gasteiger partial charge is 0.371 e. The molecule has 3 rings (SSSR count). The minimum atomic E-state index is -0.387. The van der Waals surface area contributed by atoms with Crippen LogP contribution in [0.3, 0.4) is 0 Å². The van der Waals surface area contributed by atoms with Gasteiger partial charge in [-0.15, -0.1) is 0 Å². The van der Waals surface area contributed by atoms with Crippen LogP contribution in [-0.4, -0.2) is 43.4 Å². The zero-order valence-electron chi connectivity index (χ0n) is 9.82. The first kappa shape index (κ1) is 11.4. The number of anilines is 1. The molecule has 2 heterocycles. The Morgan fingerprint density at radius 1 is 1.17 bits per heavy atom. The molecule has 96 valence electrons. The van der Waals surface area contributed by atoms with Crippen molar-refractivity contribution in [2.75, 3.05) is 31.2 Å². The van der Waals surface area contributed by atoms with E-state index < -0.39 is 0 Å². The quantitative estimate of drug-likeness (QED) is 0.431. The summed E-state index contributed by atoms with van der Waals surface area (Å²) in [6, 6.07) is 6.62. The average Bonchev–Trinajstić information content (AvgIpc) is 3.23. The zero-order chi connectivity index (χ0) is 12.5. The van der Waals surface area contributed by atoms with Crippen LogP contribution in [0.1, 0.15) is 0 Å². The molecule has 18 heavy (non-hydrogen) atoms. The van der Waals surface area contributed by atoms with Crippen molar-refractivity contribution in [1.82, 2.24) is 0 Å². The smallest absolute Gasteiger partial charge is 0.269 e. The molecule has 0 aliphatic carbocycles. The Kier molecular flexibility index (Phi) is 2.89. The Morgan fingerprint density at radius 2 is 1.67 bits per heavy atom. The van der Waals surface area contributed by atoms with Crippen molar-refractivity contribution in [2.24, 2.45) is 0 Å². The van der Waals surface area contributed by atoms with E-state index in [-0.39, 0.29) is 10.6 Å². The summed E-state index contributed by atoms with van der Waals surface area (Å²) in [5.41, 5.74) is 1.09. The van der Waals surface area contributed by atoms with Crippen molar-refractivity contribution in [3.8, 4) is 0 Å². The number of rotatable bonds is 6. The lowest BCUT2D eigenvalue weighted by molar-refractivity contribution is -0.384. The number of hydrogen-bond donors (Lipinski definition) is 0. The number of non-ortho nitro benzene ring substituents is 1. The van der Waals surface area contributed by atoms with E-state index in [1.54, 1.807) is 12.1 Å². The minimum absolute atomic E-state index is 0.115. The van der Waals surface area contributed by atoms with E-state index in [2.05, 4.69) is 4.90 Å². The molecule has 2 atom stereocenters. The third-order valence-corrected chi connectivity index (χ3v) is 3.08. The maximum Gasteiger partial charge on any atom is 0.269 e. The molecule has 0 N–H and O–H groups in total. The van der Waals surface area contributed by atoms with Crippen LogP contribution in [0.15, 0.2) is 24.3 Å². The predicted octanol–water partition coefficient (Wildman–Crippen LogP) is 1.20. The summed E-state index contributed by atoms with van der Waals surface area (Å²) in [6.45, 7) is 3.24. The van der Waals surface area contributed by atoms with E-state index in [1.165, 1.54) is 12.1 Å². The highest BCUT2D eigenvalue weighted by molar-refractivity contribution is 5.51. The second kappa shape index (κ2) is 4.55. The molecule has 6 heteroatoms. The van der Waals surface area contributed by atoms with E-state index in [9.17, 15) is 10.1 Å². The van der Waals surface area contributed by atoms with Gasteiger partial charge in [0.05, 0.1) is 30.3 Å². The van der Waals surface area contributed by atoms with Crippen LogP contribution in [-0.2, 0) is 9.47 Å². The summed E-state index contributed by atoms with van der Waals surface area (Å²) >= 11 is 0. The SMILES string of the molecule is O=[N+]([O-])c1ccc(N(CC2CO2)CC2CO2)cc1. The second-order valence-electron chi connectivity index (χ2n) is 4.59. The number of benzene rings is 1. The summed E-state index contributed by atoms with van der Waals surface area (Å²) in [4.78, 5) is 12.4. The lowest BCUT2D eigenvalue weighted by Gasteiger charge is -2.23. The standard InChI is InChI=1S/C12H14N2O4/c15-14(16)10-3-1-9(2-4-10)13(5-11-7-17-11)6-12-8-18-12/h1-4,11-12H,5-8H2. The molecule has 0 radical (unpaired) electrons. The third kappa shape index (κ3) is 2.77. The number of epoxide rings is 2. The van der Waals surface area contributed by atoms with Gasteiger partial charge < -0.3 is 14.4 Å². The molecule has 1 aromatic rings. The van der Waals surface area contributed by atoms with Gasteiger partial charge >= 0.3 is 0 Å². The summed E-state index contributed by atoms with van der Waals surface area (Å²) in [5, 5.41) is 10.6. The van der Waals surface area contributed by atoms with Gasteiger partial charge in [-0.3, -0.25) is 10.1 Å². The maximum absolute atomic E-state index is 10.6. The van der Waals surface area contributed by atoms with Crippen LogP contribution in [0, 0.1) is 10.1 Å². The van der Waals surface area contributed by atoms with Gasteiger partial charge in [-0.1, -0.05) is 0 Å². The Morgan fingerprint density at radius 3 is 2.06 bits per heavy atom. The molecule has 2 aliphatic rings. The number of nitrogens with zero attached hydrogens (tertiary/aromatic N) is 2. The van der Waals surface area contributed by atoms with E-state index in [1.807, 2.05) is 0 Å². The molecule has 2 saturated heterocycles. The van der Waals surface area contributed by atoms with Gasteiger partial charge in [-0.2, -0.15) is 0 Å². The topological polar surface area (TPSA) is 71.4 Å². The molecule has 1 aromatic carbocycles. The van der Waals surface area contributed by atoms with Crippen molar-refractivity contribution in [2.45, 2.75) is 12.2 Å². The molecule has 0 saturated carbocycles. The molecule has 0 bridgehead atoms. The van der Waals surface area contributed by atoms with E-state index in [0.29, 0.717) is 12.2 Å². The summed E-state index contributed by atoms with van der Waals surface area (Å²) in [7, 11) is 0. The lowest BCUT2D eigenvalue weighted by atomic mass is 10.2. The maximum atomic E-state index is 10.6. The van der Waals surface area contributed by atoms with Gasteiger partial charge in [-0.05, 0) is 12.1 Å². The first-order valence-electron chi connectivity index (χ1n) is 5.95. The fraction of sp³-hybridized carbons (Fsp3) is 0.500. The second-order valence-corrected chi connectivity index (χ2v) is 4.59. The Balaban J connectivity index is 1.72. The fourth-order valence-corrected chi connectivity index (χ4v) is 1.91. The summed E-state index contributed by atoms with van der Waals surface area (Å²) in [5.74, 6) is 0. The van der Waals surface area contributed by atoms with Crippen molar-refractivity contribution in [3.63, 3.8) is 0 Å². The van der Waals surface area contributed by atoms with Gasteiger partial charge in [0.25, 0.3) is 5.69 Å². The Bertz CT molecular complexity index is 426. The van der Waals surface area contributed by atoms with Gasteiger partial charge in [-0.25, -0.2) is 0 Å². The first-order valence-corrected chi connectivity index (χ1v) is 5.95. The van der Waals surface area contributed by atoms with Gasteiger partial charge in [0, 0.05) is 30.9 Å². The van der Waals surface area contributed by atoms with E-state index in [0.717, 1.165) is 32.0 Å². The third-order valence-electron chi connectivity index (χ3n) is 3.08. The highest BCUT2D eigenvalue weighted by Crippen LogP contribution is 2.24.